The van der Waals surface area contributed by atoms with Gasteiger partial charge in [0.1, 0.15) is 22.6 Å². The van der Waals surface area contributed by atoms with Crippen molar-refractivity contribution in [3.8, 4) is 11.5 Å². The van der Waals surface area contributed by atoms with Crippen LogP contribution in [0, 0.1) is 46.3 Å². The summed E-state index contributed by atoms with van der Waals surface area (Å²) in [6, 6.07) is 5.62. The second kappa shape index (κ2) is 13.9. The Kier molecular flexibility index (Phi) is 10.6. The number of aromatic hydroxyl groups is 2. The second-order valence-electron chi connectivity index (χ2n) is 15.6. The fourth-order valence-corrected chi connectivity index (χ4v) is 11.6. The summed E-state index contributed by atoms with van der Waals surface area (Å²) in [5.74, 6) is 0.805. The lowest BCUT2D eigenvalue weighted by Crippen LogP contribution is -2.53. The predicted molar refractivity (Wildman–Crippen MR) is 190 cm³/mol. The molecule has 4 saturated carbocycles. The van der Waals surface area contributed by atoms with Crippen molar-refractivity contribution in [2.75, 3.05) is 0 Å². The topological polar surface area (TPSA) is 150 Å². The van der Waals surface area contributed by atoms with Gasteiger partial charge in [0.25, 0.3) is 0 Å². The molecule has 0 spiro atoms. The average Bonchev–Trinajstić information content (AvgIpc) is 3.38. The first-order valence-electron chi connectivity index (χ1n) is 17.5. The van der Waals surface area contributed by atoms with Crippen LogP contribution < -0.4 is 6.15 Å². The molecule has 262 valence electrons. The number of carboxylic acid groups (broad SMARTS) is 2. The third kappa shape index (κ3) is 6.24. The maximum Gasteiger partial charge on any atom is 0.339 e. The molecule has 0 amide bonds. The Morgan fingerprint density at radius 1 is 0.812 bits per heavy atom. The molecule has 6 rings (SSSR count). The molecule has 9 heteroatoms. The standard InChI is InChI=1S/C39H48Cl2O6.H3N/c1-21(29-12-13-30-26-11-10-24-8-4-5-15-38(24,2)31(26)14-16-39(29,30)3)7-6-9-25(22-17-27(36(44)45)34(42)32(40)19-22)23-18-28(37(46)47)35(43)33(41)20-23;/h9,17-21,24,26,29-31,42-43H,4-8,10-16H2,1-3H3,(H,44,45)(H,46,47);1H3/t21?,24-,26?,29?,30?,31?,38-,39+;/m0./s1. The molecule has 4 fully saturated rings. The summed E-state index contributed by atoms with van der Waals surface area (Å²) >= 11 is 12.6. The molecule has 0 aromatic heterocycles. The predicted octanol–water partition coefficient (Wildman–Crippen LogP) is 10.9. The molecule has 0 bridgehead atoms. The van der Waals surface area contributed by atoms with Gasteiger partial charge in [-0.15, -0.1) is 0 Å². The van der Waals surface area contributed by atoms with Crippen molar-refractivity contribution in [3.63, 3.8) is 0 Å². The molecule has 4 aliphatic carbocycles. The minimum absolute atomic E-state index is 0. The molecule has 0 radical (unpaired) electrons. The minimum atomic E-state index is -1.33. The van der Waals surface area contributed by atoms with E-state index in [1.807, 2.05) is 6.08 Å². The Hall–Kier alpha value is -2.74. The van der Waals surface area contributed by atoms with Crippen LogP contribution in [0.5, 0.6) is 11.5 Å². The zero-order valence-corrected chi connectivity index (χ0v) is 29.9. The van der Waals surface area contributed by atoms with Gasteiger partial charge < -0.3 is 26.6 Å². The van der Waals surface area contributed by atoms with Crippen LogP contribution in [-0.2, 0) is 0 Å². The molecule has 5 unspecified atom stereocenters. The van der Waals surface area contributed by atoms with Crippen molar-refractivity contribution in [1.82, 2.24) is 6.15 Å². The van der Waals surface area contributed by atoms with Crippen LogP contribution in [0.15, 0.2) is 30.3 Å². The second-order valence-corrected chi connectivity index (χ2v) is 16.4. The highest BCUT2D eigenvalue weighted by molar-refractivity contribution is 6.33. The van der Waals surface area contributed by atoms with Crippen LogP contribution in [0.25, 0.3) is 5.57 Å². The molecule has 7 nitrogen and oxygen atoms in total. The smallest absolute Gasteiger partial charge is 0.339 e. The Morgan fingerprint density at radius 3 is 1.98 bits per heavy atom. The fourth-order valence-electron chi connectivity index (χ4n) is 11.2. The SMILES string of the molecule is CC(CCC=C(c1cc(Cl)c(O)c(C(=O)O)c1)c1cc(Cl)c(O)c(C(=O)O)c1)C1CCC2C3CC[C@@H]4CCCC[C@]4(C)C3CC[C@]12C.N. The first kappa shape index (κ1) is 36.5. The molecule has 0 saturated heterocycles. The Bertz CT molecular complexity index is 1540. The summed E-state index contributed by atoms with van der Waals surface area (Å²) in [6.07, 6.45) is 17.3. The molecular formula is C39H51Cl2NO6. The number of halogens is 2. The first-order valence-corrected chi connectivity index (χ1v) is 18.2. The highest BCUT2D eigenvalue weighted by atomic mass is 35.5. The van der Waals surface area contributed by atoms with Crippen molar-refractivity contribution >= 4 is 40.7 Å². The third-order valence-electron chi connectivity index (χ3n) is 13.5. The number of hydrogen-bond acceptors (Lipinski definition) is 5. The van der Waals surface area contributed by atoms with Crippen LogP contribution in [0.3, 0.4) is 0 Å². The Balaban J connectivity index is 0.00000451. The van der Waals surface area contributed by atoms with E-state index in [4.69, 9.17) is 23.2 Å². The van der Waals surface area contributed by atoms with Gasteiger partial charge >= 0.3 is 11.9 Å². The van der Waals surface area contributed by atoms with E-state index in [1.165, 1.54) is 88.5 Å². The Morgan fingerprint density at radius 2 is 1.40 bits per heavy atom. The number of aromatic carboxylic acids is 2. The highest BCUT2D eigenvalue weighted by Crippen LogP contribution is 2.68. The van der Waals surface area contributed by atoms with E-state index in [9.17, 15) is 30.0 Å². The van der Waals surface area contributed by atoms with E-state index in [0.29, 0.717) is 45.8 Å². The molecule has 8 atom stereocenters. The van der Waals surface area contributed by atoms with Gasteiger partial charge in [0.15, 0.2) is 0 Å². The number of carbonyl (C=O) groups is 2. The monoisotopic (exact) mass is 699 g/mol. The van der Waals surface area contributed by atoms with Crippen LogP contribution in [0.4, 0.5) is 0 Å². The van der Waals surface area contributed by atoms with Gasteiger partial charge in [-0.2, -0.15) is 0 Å². The summed E-state index contributed by atoms with van der Waals surface area (Å²) in [7, 11) is 0. The number of hydrogen-bond donors (Lipinski definition) is 5. The van der Waals surface area contributed by atoms with E-state index in [2.05, 4.69) is 20.8 Å². The maximum absolute atomic E-state index is 11.9. The van der Waals surface area contributed by atoms with E-state index in [-0.39, 0.29) is 27.3 Å². The van der Waals surface area contributed by atoms with Gasteiger partial charge in [-0.3, -0.25) is 0 Å². The van der Waals surface area contributed by atoms with E-state index in [1.54, 1.807) is 0 Å². The Labute approximate surface area is 294 Å². The summed E-state index contributed by atoms with van der Waals surface area (Å²) in [4.78, 5) is 23.9. The molecule has 0 aliphatic heterocycles. The van der Waals surface area contributed by atoms with Crippen LogP contribution in [0.2, 0.25) is 10.0 Å². The largest absolute Gasteiger partial charge is 0.505 e. The lowest BCUT2D eigenvalue weighted by Gasteiger charge is -2.61. The van der Waals surface area contributed by atoms with E-state index >= 15 is 0 Å². The first-order chi connectivity index (χ1) is 22.3. The summed E-state index contributed by atoms with van der Waals surface area (Å²) < 4.78 is 0. The number of carboxylic acids is 2. The van der Waals surface area contributed by atoms with Gasteiger partial charge in [0.05, 0.1) is 10.0 Å². The van der Waals surface area contributed by atoms with E-state index in [0.717, 1.165) is 30.1 Å². The van der Waals surface area contributed by atoms with Crippen molar-refractivity contribution < 1.29 is 30.0 Å². The molecule has 0 heterocycles. The van der Waals surface area contributed by atoms with Gasteiger partial charge in [-0.1, -0.05) is 62.9 Å². The molecule has 7 N–H and O–H groups in total. The van der Waals surface area contributed by atoms with Crippen LogP contribution in [-0.4, -0.2) is 32.4 Å². The number of allylic oxidation sites excluding steroid dienone is 1. The number of phenols is 2. The number of benzene rings is 2. The zero-order chi connectivity index (χ0) is 33.8. The third-order valence-corrected chi connectivity index (χ3v) is 14.1. The van der Waals surface area contributed by atoms with Crippen molar-refractivity contribution in [1.29, 1.82) is 0 Å². The molecule has 48 heavy (non-hydrogen) atoms. The maximum atomic E-state index is 11.9. The number of fused-ring (bicyclic) bond motifs is 5. The quantitative estimate of drug-likeness (QED) is 0.184. The highest BCUT2D eigenvalue weighted by Gasteiger charge is 2.60. The molecule has 4 aliphatic rings. The zero-order valence-electron chi connectivity index (χ0n) is 28.4. The normalized spacial score (nSPS) is 31.4. The fraction of sp³-hybridized carbons (Fsp3) is 0.590. The summed E-state index contributed by atoms with van der Waals surface area (Å²) in [5.41, 5.74) is 1.52. The van der Waals surface area contributed by atoms with Crippen molar-refractivity contribution in [2.24, 2.45) is 46.3 Å². The van der Waals surface area contributed by atoms with Crippen LogP contribution >= 0.6 is 23.2 Å². The number of rotatable bonds is 8. The lowest BCUT2D eigenvalue weighted by molar-refractivity contribution is -0.114. The van der Waals surface area contributed by atoms with E-state index < -0.39 is 23.4 Å². The summed E-state index contributed by atoms with van der Waals surface area (Å²) in [6.45, 7) is 7.59. The minimum Gasteiger partial charge on any atom is -0.505 e. The van der Waals surface area contributed by atoms with Gasteiger partial charge in [-0.05, 0) is 152 Å². The van der Waals surface area contributed by atoms with Crippen molar-refractivity contribution in [2.45, 2.75) is 97.8 Å². The van der Waals surface area contributed by atoms with Crippen LogP contribution in [0.1, 0.15) is 130 Å². The average molecular weight is 701 g/mol. The lowest BCUT2D eigenvalue weighted by atomic mass is 9.44. The molecule has 2 aromatic rings. The molecule has 2 aromatic carbocycles. The van der Waals surface area contributed by atoms with Crippen molar-refractivity contribution in [3.05, 3.63) is 62.6 Å². The van der Waals surface area contributed by atoms with Gasteiger partial charge in [0.2, 0.25) is 0 Å². The summed E-state index contributed by atoms with van der Waals surface area (Å²) in [5, 5.41) is 39.8. The van der Waals surface area contributed by atoms with Gasteiger partial charge in [-0.25, -0.2) is 9.59 Å². The van der Waals surface area contributed by atoms with Gasteiger partial charge in [0, 0.05) is 0 Å². The molecular weight excluding hydrogens is 649 g/mol.